The number of carbonyl (C=O) groups excluding carboxylic acids is 1. The van der Waals surface area contributed by atoms with Crippen molar-refractivity contribution in [2.24, 2.45) is 5.41 Å². The fourth-order valence-electron chi connectivity index (χ4n) is 2.04. The minimum Gasteiger partial charge on any atom is -0.354 e. The predicted molar refractivity (Wildman–Crippen MR) is 62.6 cm³/mol. The van der Waals surface area contributed by atoms with Crippen LogP contribution in [0, 0.1) is 5.41 Å². The molecular formula is C12H22N2O. The van der Waals surface area contributed by atoms with Crippen LogP contribution in [0.15, 0.2) is 12.7 Å². The van der Waals surface area contributed by atoms with Crippen LogP contribution >= 0.6 is 0 Å². The van der Waals surface area contributed by atoms with Gasteiger partial charge in [-0.1, -0.05) is 19.9 Å². The quantitative estimate of drug-likeness (QED) is 0.690. The van der Waals surface area contributed by atoms with Gasteiger partial charge in [0.25, 0.3) is 0 Å². The van der Waals surface area contributed by atoms with Gasteiger partial charge in [0.1, 0.15) is 0 Å². The van der Waals surface area contributed by atoms with Gasteiger partial charge in [0.05, 0.1) is 0 Å². The van der Waals surface area contributed by atoms with E-state index in [9.17, 15) is 4.79 Å². The topological polar surface area (TPSA) is 41.1 Å². The third-order valence-electron chi connectivity index (χ3n) is 3.17. The molecule has 0 bridgehead atoms. The van der Waals surface area contributed by atoms with Gasteiger partial charge in [-0.05, 0) is 24.8 Å². The largest absolute Gasteiger partial charge is 0.354 e. The normalized spacial score (nSPS) is 24.5. The minimum atomic E-state index is 0.0631. The predicted octanol–water partition coefficient (Wildman–Crippen LogP) is 1.46. The Labute approximate surface area is 92.3 Å². The van der Waals surface area contributed by atoms with Crippen LogP contribution in [0.1, 0.15) is 33.1 Å². The van der Waals surface area contributed by atoms with Crippen molar-refractivity contribution < 1.29 is 4.79 Å². The molecule has 1 heterocycles. The molecule has 0 aromatic rings. The Bertz CT molecular complexity index is 236. The van der Waals surface area contributed by atoms with Crippen molar-refractivity contribution in [3.05, 3.63) is 12.7 Å². The van der Waals surface area contributed by atoms with Crippen molar-refractivity contribution in [2.75, 3.05) is 13.1 Å². The maximum absolute atomic E-state index is 11.3. The summed E-state index contributed by atoms with van der Waals surface area (Å²) >= 11 is 0. The molecule has 1 amide bonds. The number of nitrogens with one attached hydrogen (secondary N) is 2. The fraction of sp³-hybridized carbons (Fsp3) is 0.750. The van der Waals surface area contributed by atoms with E-state index in [1.807, 2.05) is 0 Å². The summed E-state index contributed by atoms with van der Waals surface area (Å²) in [5, 5.41) is 6.40. The minimum absolute atomic E-state index is 0.0631. The third-order valence-corrected chi connectivity index (χ3v) is 3.17. The molecule has 0 aromatic heterocycles. The zero-order chi connectivity index (χ0) is 11.3. The summed E-state index contributed by atoms with van der Waals surface area (Å²) in [6.45, 7) is 9.84. The first-order valence-electron chi connectivity index (χ1n) is 5.67. The molecule has 3 nitrogen and oxygen atoms in total. The van der Waals surface area contributed by atoms with Gasteiger partial charge in [-0.2, -0.15) is 0 Å². The zero-order valence-corrected chi connectivity index (χ0v) is 9.81. The summed E-state index contributed by atoms with van der Waals surface area (Å²) in [4.78, 5) is 11.3. The van der Waals surface area contributed by atoms with Crippen molar-refractivity contribution in [3.63, 3.8) is 0 Å². The molecule has 0 spiro atoms. The van der Waals surface area contributed by atoms with Crippen molar-refractivity contribution >= 4 is 5.91 Å². The average Bonchev–Trinajstić information content (AvgIpc) is 2.16. The summed E-state index contributed by atoms with van der Waals surface area (Å²) in [6.07, 6.45) is 4.49. The lowest BCUT2D eigenvalue weighted by Crippen LogP contribution is -2.52. The fourth-order valence-corrected chi connectivity index (χ4v) is 2.04. The van der Waals surface area contributed by atoms with Crippen molar-refractivity contribution in [1.29, 1.82) is 0 Å². The first kappa shape index (κ1) is 12.2. The van der Waals surface area contributed by atoms with Crippen LogP contribution in [0.25, 0.3) is 0 Å². The molecule has 3 heteroatoms. The Hall–Kier alpha value is -0.830. The molecule has 15 heavy (non-hydrogen) atoms. The molecule has 1 saturated heterocycles. The number of amides is 1. The molecular weight excluding hydrogens is 188 g/mol. The number of carbonyl (C=O) groups is 1. The summed E-state index contributed by atoms with van der Waals surface area (Å²) in [5.74, 6) is 0.0631. The van der Waals surface area contributed by atoms with Crippen LogP contribution in [0.3, 0.4) is 0 Å². The molecule has 86 valence electrons. The first-order valence-corrected chi connectivity index (χ1v) is 5.67. The van der Waals surface area contributed by atoms with E-state index in [1.54, 1.807) is 6.08 Å². The maximum atomic E-state index is 11.3. The first-order chi connectivity index (χ1) is 7.06. The van der Waals surface area contributed by atoms with E-state index in [0.29, 0.717) is 12.5 Å². The van der Waals surface area contributed by atoms with Crippen LogP contribution in [0.2, 0.25) is 0 Å². The Kier molecular flexibility index (Phi) is 4.33. The van der Waals surface area contributed by atoms with Crippen LogP contribution < -0.4 is 10.6 Å². The van der Waals surface area contributed by atoms with Crippen LogP contribution in [0.4, 0.5) is 0 Å². The van der Waals surface area contributed by atoms with E-state index in [1.165, 1.54) is 12.8 Å². The molecule has 2 N–H and O–H groups in total. The van der Waals surface area contributed by atoms with Crippen LogP contribution in [-0.2, 0) is 4.79 Å². The molecule has 1 aliphatic rings. The monoisotopic (exact) mass is 210 g/mol. The van der Waals surface area contributed by atoms with Crippen molar-refractivity contribution in [2.45, 2.75) is 39.2 Å². The highest BCUT2D eigenvalue weighted by molar-refractivity contribution is 5.77. The summed E-state index contributed by atoms with van der Waals surface area (Å²) in [6, 6.07) is 0.389. The number of hydrogen-bond donors (Lipinski definition) is 2. The highest BCUT2D eigenvalue weighted by Gasteiger charge is 2.31. The Morgan fingerprint density at radius 2 is 2.40 bits per heavy atom. The second-order valence-corrected chi connectivity index (χ2v) is 4.90. The number of hydrogen-bond acceptors (Lipinski definition) is 2. The van der Waals surface area contributed by atoms with E-state index in [4.69, 9.17) is 0 Å². The van der Waals surface area contributed by atoms with Gasteiger partial charge in [-0.3, -0.25) is 4.79 Å². The summed E-state index contributed by atoms with van der Waals surface area (Å²) in [5.41, 5.74) is 0.277. The van der Waals surface area contributed by atoms with E-state index in [-0.39, 0.29) is 11.3 Å². The van der Waals surface area contributed by atoms with Crippen LogP contribution in [-0.4, -0.2) is 25.0 Å². The Morgan fingerprint density at radius 3 is 3.00 bits per heavy atom. The molecule has 0 radical (unpaired) electrons. The van der Waals surface area contributed by atoms with Crippen molar-refractivity contribution in [1.82, 2.24) is 10.6 Å². The number of piperidine rings is 1. The Morgan fingerprint density at radius 1 is 1.67 bits per heavy atom. The van der Waals surface area contributed by atoms with Gasteiger partial charge in [0, 0.05) is 19.0 Å². The smallest absolute Gasteiger partial charge is 0.223 e. The molecule has 1 unspecified atom stereocenters. The zero-order valence-electron chi connectivity index (χ0n) is 9.81. The second-order valence-electron chi connectivity index (χ2n) is 4.90. The van der Waals surface area contributed by atoms with Gasteiger partial charge >= 0.3 is 0 Å². The molecule has 1 fully saturated rings. The van der Waals surface area contributed by atoms with Crippen molar-refractivity contribution in [3.8, 4) is 0 Å². The highest BCUT2D eigenvalue weighted by Crippen LogP contribution is 2.29. The molecule has 0 aromatic carbocycles. The SMILES string of the molecule is C=CCC(=O)NCC1NCCCC1(C)C. The third kappa shape index (κ3) is 3.67. The second kappa shape index (κ2) is 5.31. The molecule has 1 rings (SSSR count). The lowest BCUT2D eigenvalue weighted by atomic mass is 9.77. The molecule has 1 aliphatic heterocycles. The Balaban J connectivity index is 2.36. The number of rotatable bonds is 4. The van der Waals surface area contributed by atoms with E-state index in [2.05, 4.69) is 31.1 Å². The lowest BCUT2D eigenvalue weighted by molar-refractivity contribution is -0.120. The average molecular weight is 210 g/mol. The standard InChI is InChI=1S/C12H22N2O/c1-4-6-11(15)14-9-10-12(2,3)7-5-8-13-10/h4,10,13H,1,5-9H2,2-3H3,(H,14,15). The molecule has 0 aliphatic carbocycles. The van der Waals surface area contributed by atoms with E-state index >= 15 is 0 Å². The van der Waals surface area contributed by atoms with Crippen LogP contribution in [0.5, 0.6) is 0 Å². The summed E-state index contributed by atoms with van der Waals surface area (Å²) < 4.78 is 0. The molecule has 1 atom stereocenters. The van der Waals surface area contributed by atoms with E-state index in [0.717, 1.165) is 13.1 Å². The summed E-state index contributed by atoms with van der Waals surface area (Å²) in [7, 11) is 0. The highest BCUT2D eigenvalue weighted by atomic mass is 16.1. The maximum Gasteiger partial charge on any atom is 0.223 e. The van der Waals surface area contributed by atoms with E-state index < -0.39 is 0 Å². The molecule has 0 saturated carbocycles. The van der Waals surface area contributed by atoms with Gasteiger partial charge in [0.2, 0.25) is 5.91 Å². The van der Waals surface area contributed by atoms with Gasteiger partial charge in [-0.15, -0.1) is 6.58 Å². The van der Waals surface area contributed by atoms with Gasteiger partial charge < -0.3 is 10.6 Å². The van der Waals surface area contributed by atoms with Gasteiger partial charge in [0.15, 0.2) is 0 Å². The van der Waals surface area contributed by atoms with Gasteiger partial charge in [-0.25, -0.2) is 0 Å². The lowest BCUT2D eigenvalue weighted by Gasteiger charge is -2.39.